The van der Waals surface area contributed by atoms with Gasteiger partial charge >= 0.3 is 6.03 Å². The van der Waals surface area contributed by atoms with Crippen molar-refractivity contribution in [1.82, 2.24) is 15.3 Å². The van der Waals surface area contributed by atoms with Gasteiger partial charge in [-0.05, 0) is 39.1 Å². The van der Waals surface area contributed by atoms with Gasteiger partial charge in [0, 0.05) is 30.1 Å². The highest BCUT2D eigenvalue weighted by Crippen LogP contribution is 2.34. The summed E-state index contributed by atoms with van der Waals surface area (Å²) in [5.74, 6) is 2.17. The van der Waals surface area contributed by atoms with Crippen LogP contribution in [0.2, 0.25) is 0 Å². The van der Waals surface area contributed by atoms with E-state index in [2.05, 4.69) is 31.2 Å². The largest absolute Gasteiger partial charge is 0.454 e. The maximum absolute atomic E-state index is 12.2. The van der Waals surface area contributed by atoms with Gasteiger partial charge in [-0.1, -0.05) is 0 Å². The van der Waals surface area contributed by atoms with Crippen molar-refractivity contribution in [2.45, 2.75) is 13.3 Å². The molecule has 0 radical (unpaired) electrons. The molecule has 3 rings (SSSR count). The fourth-order valence-electron chi connectivity index (χ4n) is 2.43. The minimum Gasteiger partial charge on any atom is -0.454 e. The lowest BCUT2D eigenvalue weighted by molar-refractivity contribution is 0.174. The van der Waals surface area contributed by atoms with Crippen LogP contribution in [0.15, 0.2) is 24.3 Å². The number of nitrogens with zero attached hydrogens (tertiary/aromatic N) is 2. The van der Waals surface area contributed by atoms with Gasteiger partial charge in [0.2, 0.25) is 12.7 Å². The standard InChI is InChI=1S/C17H22N6O3/c1-11-8-15(19-7-3-6-18-2)22-16(20-11)23-17(24)21-12-4-5-13-14(9-12)26-10-25-13/h4-5,8-9,18H,3,6-7,10H2,1-2H3,(H3,19,20,21,22,23,24). The maximum atomic E-state index is 12.2. The van der Waals surface area contributed by atoms with E-state index < -0.39 is 6.03 Å². The first-order valence-corrected chi connectivity index (χ1v) is 8.36. The van der Waals surface area contributed by atoms with Crippen molar-refractivity contribution >= 4 is 23.5 Å². The van der Waals surface area contributed by atoms with E-state index in [-0.39, 0.29) is 12.7 Å². The molecule has 0 atom stereocenters. The minimum atomic E-state index is -0.435. The van der Waals surface area contributed by atoms with Crippen LogP contribution in [0.3, 0.4) is 0 Å². The van der Waals surface area contributed by atoms with E-state index in [1.807, 2.05) is 20.0 Å². The molecule has 2 heterocycles. The summed E-state index contributed by atoms with van der Waals surface area (Å²) < 4.78 is 10.5. The van der Waals surface area contributed by atoms with Gasteiger partial charge < -0.3 is 25.4 Å². The average Bonchev–Trinajstić information content (AvgIpc) is 3.06. The van der Waals surface area contributed by atoms with Gasteiger partial charge in [0.25, 0.3) is 0 Å². The van der Waals surface area contributed by atoms with Crippen molar-refractivity contribution in [2.24, 2.45) is 0 Å². The lowest BCUT2D eigenvalue weighted by atomic mass is 10.3. The van der Waals surface area contributed by atoms with Crippen LogP contribution in [0.1, 0.15) is 12.1 Å². The average molecular weight is 358 g/mol. The minimum absolute atomic E-state index is 0.187. The van der Waals surface area contributed by atoms with Crippen molar-refractivity contribution in [1.29, 1.82) is 0 Å². The molecular weight excluding hydrogens is 336 g/mol. The number of urea groups is 1. The first kappa shape index (κ1) is 17.7. The predicted octanol–water partition coefficient (Wildman–Crippen LogP) is 2.18. The Bertz CT molecular complexity index is 783. The zero-order valence-corrected chi connectivity index (χ0v) is 14.8. The van der Waals surface area contributed by atoms with Gasteiger partial charge in [0.1, 0.15) is 5.82 Å². The molecule has 1 aromatic heterocycles. The summed E-state index contributed by atoms with van der Waals surface area (Å²) in [6.07, 6.45) is 0.965. The molecule has 1 aliphatic heterocycles. The van der Waals surface area contributed by atoms with Crippen LogP contribution >= 0.6 is 0 Å². The summed E-state index contributed by atoms with van der Waals surface area (Å²) in [4.78, 5) is 20.7. The molecule has 0 spiro atoms. The molecular formula is C17H22N6O3. The van der Waals surface area contributed by atoms with Gasteiger partial charge in [-0.2, -0.15) is 4.98 Å². The summed E-state index contributed by atoms with van der Waals surface area (Å²) in [6.45, 7) is 3.73. The number of ether oxygens (including phenoxy) is 2. The van der Waals surface area contributed by atoms with Crippen molar-refractivity contribution < 1.29 is 14.3 Å². The molecule has 0 fully saturated rings. The first-order valence-electron chi connectivity index (χ1n) is 8.36. The number of aromatic nitrogens is 2. The van der Waals surface area contributed by atoms with Crippen LogP contribution in [0.5, 0.6) is 11.5 Å². The number of carbonyl (C=O) groups excluding carboxylic acids is 1. The topological polar surface area (TPSA) is 109 Å². The third-order valence-corrected chi connectivity index (χ3v) is 3.62. The Morgan fingerprint density at radius 2 is 1.96 bits per heavy atom. The summed E-state index contributed by atoms with van der Waals surface area (Å²) in [5, 5.41) is 11.7. The lowest BCUT2D eigenvalue weighted by Crippen LogP contribution is -2.21. The highest BCUT2D eigenvalue weighted by molar-refractivity contribution is 5.98. The lowest BCUT2D eigenvalue weighted by Gasteiger charge is -2.10. The van der Waals surface area contributed by atoms with E-state index in [9.17, 15) is 4.79 Å². The molecule has 0 unspecified atom stereocenters. The number of fused-ring (bicyclic) bond motifs is 1. The molecule has 26 heavy (non-hydrogen) atoms. The molecule has 0 saturated heterocycles. The number of hydrogen-bond donors (Lipinski definition) is 4. The number of nitrogens with one attached hydrogen (secondary N) is 4. The zero-order chi connectivity index (χ0) is 18.4. The van der Waals surface area contributed by atoms with Crippen molar-refractivity contribution in [3.05, 3.63) is 30.0 Å². The van der Waals surface area contributed by atoms with E-state index in [1.54, 1.807) is 18.2 Å². The van der Waals surface area contributed by atoms with E-state index >= 15 is 0 Å². The number of hydrogen-bond acceptors (Lipinski definition) is 7. The van der Waals surface area contributed by atoms with E-state index in [0.29, 0.717) is 23.0 Å². The third kappa shape index (κ3) is 4.73. The second kappa shape index (κ2) is 8.34. The monoisotopic (exact) mass is 358 g/mol. The predicted molar refractivity (Wildman–Crippen MR) is 99.0 cm³/mol. The molecule has 9 heteroatoms. The molecule has 2 amide bonds. The second-order valence-electron chi connectivity index (χ2n) is 5.75. The van der Waals surface area contributed by atoms with Crippen LogP contribution in [0.25, 0.3) is 0 Å². The van der Waals surface area contributed by atoms with E-state index in [4.69, 9.17) is 9.47 Å². The van der Waals surface area contributed by atoms with E-state index in [0.717, 1.165) is 25.2 Å². The Labute approximate surface area is 151 Å². The molecule has 4 N–H and O–H groups in total. The summed E-state index contributed by atoms with van der Waals surface area (Å²) in [7, 11) is 1.91. The van der Waals surface area contributed by atoms with Gasteiger partial charge in [0.05, 0.1) is 0 Å². The maximum Gasteiger partial charge on any atom is 0.326 e. The smallest absolute Gasteiger partial charge is 0.326 e. The van der Waals surface area contributed by atoms with Gasteiger partial charge in [0.15, 0.2) is 11.5 Å². The summed E-state index contributed by atoms with van der Waals surface area (Å²) >= 11 is 0. The highest BCUT2D eigenvalue weighted by Gasteiger charge is 2.14. The first-order chi connectivity index (χ1) is 12.6. The molecule has 1 aliphatic rings. The van der Waals surface area contributed by atoms with Gasteiger partial charge in [-0.3, -0.25) is 5.32 Å². The van der Waals surface area contributed by atoms with Crippen LogP contribution in [0, 0.1) is 6.92 Å². The Kier molecular flexibility index (Phi) is 5.69. The van der Waals surface area contributed by atoms with Gasteiger partial charge in [-0.15, -0.1) is 0 Å². The zero-order valence-electron chi connectivity index (χ0n) is 14.8. The van der Waals surface area contributed by atoms with Crippen molar-refractivity contribution in [2.75, 3.05) is 42.9 Å². The molecule has 1 aromatic carbocycles. The van der Waals surface area contributed by atoms with E-state index in [1.165, 1.54) is 0 Å². The van der Waals surface area contributed by atoms with Crippen molar-refractivity contribution in [3.63, 3.8) is 0 Å². The fraction of sp³-hybridized carbons (Fsp3) is 0.353. The quantitative estimate of drug-likeness (QED) is 0.562. The number of benzene rings is 1. The van der Waals surface area contributed by atoms with Crippen LogP contribution < -0.4 is 30.7 Å². The molecule has 9 nitrogen and oxygen atoms in total. The summed E-state index contributed by atoms with van der Waals surface area (Å²) in [5.41, 5.74) is 1.35. The molecule has 0 saturated carbocycles. The van der Waals surface area contributed by atoms with Crippen LogP contribution in [-0.4, -0.2) is 42.9 Å². The summed E-state index contributed by atoms with van der Waals surface area (Å²) in [6, 6.07) is 6.58. The SMILES string of the molecule is CNCCCNc1cc(C)nc(NC(=O)Nc2ccc3c(c2)OCO3)n1. The number of aryl methyl sites for hydroxylation is 1. The molecule has 138 valence electrons. The molecule has 0 aliphatic carbocycles. The normalized spacial score (nSPS) is 11.9. The molecule has 0 bridgehead atoms. The Morgan fingerprint density at radius 3 is 2.81 bits per heavy atom. The number of amides is 2. The Morgan fingerprint density at radius 1 is 1.12 bits per heavy atom. The fourth-order valence-corrected chi connectivity index (χ4v) is 2.43. The molecule has 2 aromatic rings. The number of carbonyl (C=O) groups is 1. The number of rotatable bonds is 7. The third-order valence-electron chi connectivity index (χ3n) is 3.62. The van der Waals surface area contributed by atoms with Gasteiger partial charge in [-0.25, -0.2) is 9.78 Å². The second-order valence-corrected chi connectivity index (χ2v) is 5.75. The Balaban J connectivity index is 1.59. The van der Waals surface area contributed by atoms with Crippen molar-refractivity contribution in [3.8, 4) is 11.5 Å². The number of anilines is 3. The van der Waals surface area contributed by atoms with Crippen LogP contribution in [0.4, 0.5) is 22.2 Å². The highest BCUT2D eigenvalue weighted by atomic mass is 16.7. The Hall–Kier alpha value is -3.07. The van der Waals surface area contributed by atoms with Crippen LogP contribution in [-0.2, 0) is 0 Å².